The van der Waals surface area contributed by atoms with E-state index in [-0.39, 0.29) is 24.2 Å². The quantitative estimate of drug-likeness (QED) is 0.485. The third kappa shape index (κ3) is 5.83. The molecule has 10 heteroatoms. The molecule has 3 rings (SSSR count). The van der Waals surface area contributed by atoms with Gasteiger partial charge < -0.3 is 19.5 Å². The van der Waals surface area contributed by atoms with Gasteiger partial charge in [0.2, 0.25) is 5.91 Å². The van der Waals surface area contributed by atoms with Gasteiger partial charge in [0.25, 0.3) is 11.1 Å². The highest BCUT2D eigenvalue weighted by Gasteiger charge is 2.36. The van der Waals surface area contributed by atoms with Gasteiger partial charge in [-0.3, -0.25) is 19.3 Å². The number of amides is 3. The van der Waals surface area contributed by atoms with Gasteiger partial charge >= 0.3 is 5.97 Å². The molecule has 1 aromatic carbocycles. The largest absolute Gasteiger partial charge is 0.482 e. The number of carbonyl (C=O) groups is 4. The van der Waals surface area contributed by atoms with E-state index in [1.807, 2.05) is 0 Å². The molecule has 0 spiro atoms. The minimum Gasteiger partial charge on any atom is -0.482 e. The zero-order chi connectivity index (χ0) is 21.5. The molecule has 9 nitrogen and oxygen atoms in total. The highest BCUT2D eigenvalue weighted by atomic mass is 32.2. The van der Waals surface area contributed by atoms with Crippen molar-refractivity contribution in [1.82, 2.24) is 10.2 Å². The maximum atomic E-state index is 12.5. The molecule has 0 aromatic heterocycles. The van der Waals surface area contributed by atoms with E-state index < -0.39 is 23.0 Å². The average molecular weight is 434 g/mol. The molecule has 0 saturated carbocycles. The molecule has 1 atom stereocenters. The number of rotatable bonds is 8. The standard InChI is InChI=1S/C20H22N2O7S/c1-27-18(24)12-29-14-6-4-13(5-7-14)9-16-19(25)22(20(26)30-16)11-17(23)21-10-15-3-2-8-28-15/h4-7,9,15H,2-3,8,10-12H2,1H3,(H,21,23)/b16-9-/t15-/m1/s1. The van der Waals surface area contributed by atoms with Crippen LogP contribution in [0.3, 0.4) is 0 Å². The maximum absolute atomic E-state index is 12.5. The summed E-state index contributed by atoms with van der Waals surface area (Å²) >= 11 is 0.785. The van der Waals surface area contributed by atoms with Gasteiger partial charge in [0, 0.05) is 13.2 Å². The zero-order valence-corrected chi connectivity index (χ0v) is 17.2. The van der Waals surface area contributed by atoms with E-state index in [1.54, 1.807) is 30.3 Å². The average Bonchev–Trinajstić information content (AvgIpc) is 3.35. The first-order valence-electron chi connectivity index (χ1n) is 9.39. The van der Waals surface area contributed by atoms with Crippen molar-refractivity contribution in [2.24, 2.45) is 0 Å². The van der Waals surface area contributed by atoms with Crippen molar-refractivity contribution < 1.29 is 33.4 Å². The van der Waals surface area contributed by atoms with E-state index in [9.17, 15) is 19.2 Å². The van der Waals surface area contributed by atoms with Crippen LogP contribution in [0, 0.1) is 0 Å². The Bertz CT molecular complexity index is 847. The van der Waals surface area contributed by atoms with Gasteiger partial charge in [-0.05, 0) is 48.4 Å². The molecule has 30 heavy (non-hydrogen) atoms. The predicted octanol–water partition coefficient (Wildman–Crippen LogP) is 1.57. The van der Waals surface area contributed by atoms with Crippen LogP contribution in [0.4, 0.5) is 4.79 Å². The Morgan fingerprint density at radius 3 is 2.73 bits per heavy atom. The Morgan fingerprint density at radius 2 is 2.07 bits per heavy atom. The second kappa shape index (κ2) is 10.3. The summed E-state index contributed by atoms with van der Waals surface area (Å²) in [7, 11) is 1.27. The van der Waals surface area contributed by atoms with Crippen LogP contribution in [0.15, 0.2) is 29.2 Å². The van der Waals surface area contributed by atoms with Crippen molar-refractivity contribution >= 4 is 40.9 Å². The summed E-state index contributed by atoms with van der Waals surface area (Å²) < 4.78 is 15.2. The van der Waals surface area contributed by atoms with Gasteiger partial charge in [0.05, 0.1) is 18.1 Å². The number of thioether (sulfide) groups is 1. The Balaban J connectivity index is 1.54. The van der Waals surface area contributed by atoms with Crippen LogP contribution in [0.5, 0.6) is 5.75 Å². The number of hydrogen-bond acceptors (Lipinski definition) is 8. The highest BCUT2D eigenvalue weighted by Crippen LogP contribution is 2.32. The van der Waals surface area contributed by atoms with E-state index >= 15 is 0 Å². The predicted molar refractivity (Wildman–Crippen MR) is 109 cm³/mol. The molecule has 3 amide bonds. The Hall–Kier alpha value is -2.85. The normalized spacial score (nSPS) is 20.0. The topological polar surface area (TPSA) is 111 Å². The Kier molecular flexibility index (Phi) is 7.47. The first kappa shape index (κ1) is 21.8. The summed E-state index contributed by atoms with van der Waals surface area (Å²) in [5.74, 6) is -0.939. The molecular weight excluding hydrogens is 412 g/mol. The number of esters is 1. The summed E-state index contributed by atoms with van der Waals surface area (Å²) in [4.78, 5) is 49.0. The first-order chi connectivity index (χ1) is 14.5. The van der Waals surface area contributed by atoms with Crippen molar-refractivity contribution in [1.29, 1.82) is 0 Å². The SMILES string of the molecule is COC(=O)COc1ccc(/C=C2\SC(=O)N(CC(=O)NC[C@H]3CCCO3)C2=O)cc1. The van der Waals surface area contributed by atoms with Crippen LogP contribution >= 0.6 is 11.8 Å². The number of nitrogens with zero attached hydrogens (tertiary/aromatic N) is 1. The zero-order valence-electron chi connectivity index (χ0n) is 16.4. The number of methoxy groups -OCH3 is 1. The van der Waals surface area contributed by atoms with E-state index in [0.29, 0.717) is 24.5 Å². The fourth-order valence-corrected chi connectivity index (χ4v) is 3.72. The van der Waals surface area contributed by atoms with Crippen molar-refractivity contribution in [2.75, 3.05) is 33.4 Å². The Morgan fingerprint density at radius 1 is 1.30 bits per heavy atom. The molecule has 0 aliphatic carbocycles. The molecule has 160 valence electrons. The van der Waals surface area contributed by atoms with Crippen molar-refractivity contribution in [3.8, 4) is 5.75 Å². The number of ether oxygens (including phenoxy) is 3. The molecule has 2 aliphatic rings. The van der Waals surface area contributed by atoms with Gasteiger partial charge in [0.1, 0.15) is 12.3 Å². The van der Waals surface area contributed by atoms with Crippen LogP contribution in [-0.4, -0.2) is 67.4 Å². The van der Waals surface area contributed by atoms with Gasteiger partial charge in [-0.15, -0.1) is 0 Å². The summed E-state index contributed by atoms with van der Waals surface area (Å²) in [5.41, 5.74) is 0.675. The number of hydrogen-bond donors (Lipinski definition) is 1. The Labute approximate surface area is 177 Å². The minimum atomic E-state index is -0.511. The van der Waals surface area contributed by atoms with Gasteiger partial charge in [-0.25, -0.2) is 4.79 Å². The molecule has 2 fully saturated rings. The van der Waals surface area contributed by atoms with Crippen LogP contribution in [0.1, 0.15) is 18.4 Å². The van der Waals surface area contributed by atoms with Crippen molar-refractivity contribution in [3.63, 3.8) is 0 Å². The molecule has 2 aliphatic heterocycles. The molecule has 2 saturated heterocycles. The van der Waals surface area contributed by atoms with Gasteiger partial charge in [-0.2, -0.15) is 0 Å². The summed E-state index contributed by atoms with van der Waals surface area (Å²) in [6.45, 7) is 0.529. The molecule has 1 aromatic rings. The lowest BCUT2D eigenvalue weighted by molar-refractivity contribution is -0.142. The van der Waals surface area contributed by atoms with Crippen LogP contribution < -0.4 is 10.1 Å². The van der Waals surface area contributed by atoms with Crippen molar-refractivity contribution in [2.45, 2.75) is 18.9 Å². The van der Waals surface area contributed by atoms with Crippen LogP contribution in [0.2, 0.25) is 0 Å². The lowest BCUT2D eigenvalue weighted by atomic mass is 10.2. The number of carbonyl (C=O) groups excluding carboxylic acids is 4. The fourth-order valence-electron chi connectivity index (χ4n) is 2.88. The van der Waals surface area contributed by atoms with E-state index in [1.165, 1.54) is 7.11 Å². The number of imide groups is 1. The molecule has 0 bridgehead atoms. The molecular formula is C20H22N2O7S. The lowest BCUT2D eigenvalue weighted by Crippen LogP contribution is -2.41. The summed E-state index contributed by atoms with van der Waals surface area (Å²) in [6.07, 6.45) is 3.41. The molecule has 0 radical (unpaired) electrons. The van der Waals surface area contributed by atoms with Gasteiger partial charge in [0.15, 0.2) is 6.61 Å². The smallest absolute Gasteiger partial charge is 0.343 e. The fraction of sp³-hybridized carbons (Fsp3) is 0.400. The maximum Gasteiger partial charge on any atom is 0.343 e. The molecule has 1 N–H and O–H groups in total. The monoisotopic (exact) mass is 434 g/mol. The number of benzene rings is 1. The minimum absolute atomic E-state index is 0.0108. The third-order valence-corrected chi connectivity index (χ3v) is 5.40. The third-order valence-electron chi connectivity index (χ3n) is 4.49. The van der Waals surface area contributed by atoms with Crippen LogP contribution in [0.25, 0.3) is 6.08 Å². The summed E-state index contributed by atoms with van der Waals surface area (Å²) in [5, 5.41) is 2.21. The van der Waals surface area contributed by atoms with E-state index in [0.717, 1.165) is 29.5 Å². The second-order valence-electron chi connectivity index (χ2n) is 6.64. The van der Waals surface area contributed by atoms with E-state index in [2.05, 4.69) is 10.1 Å². The molecule has 2 heterocycles. The summed E-state index contributed by atoms with van der Waals surface area (Å²) in [6, 6.07) is 6.65. The second-order valence-corrected chi connectivity index (χ2v) is 7.63. The number of nitrogens with one attached hydrogen (secondary N) is 1. The molecule has 0 unspecified atom stereocenters. The first-order valence-corrected chi connectivity index (χ1v) is 10.2. The van der Waals surface area contributed by atoms with Crippen LogP contribution in [-0.2, 0) is 23.9 Å². The lowest BCUT2D eigenvalue weighted by Gasteiger charge is -2.14. The van der Waals surface area contributed by atoms with E-state index in [4.69, 9.17) is 9.47 Å². The van der Waals surface area contributed by atoms with Gasteiger partial charge in [-0.1, -0.05) is 12.1 Å². The highest BCUT2D eigenvalue weighted by molar-refractivity contribution is 8.18. The van der Waals surface area contributed by atoms with Crippen molar-refractivity contribution in [3.05, 3.63) is 34.7 Å².